The quantitative estimate of drug-likeness (QED) is 0.313. The summed E-state index contributed by atoms with van der Waals surface area (Å²) in [4.78, 5) is 44.8. The standard InChI is InChI=1S/C26H38N2O6/c1-4-11-18(3)27-15-9-13-26-19(20-24(32)33-17-10-12-25(20,5-2)34-26)22(30)28(21(26)23(27)31)14-7-6-8-16-29/h9-10,12-13,18-21,29H,4-8,11,14-17H2,1-3H3/t18?,19-,20-,21?,25+,26-/m0/s1. The van der Waals surface area contributed by atoms with Crippen LogP contribution in [0.15, 0.2) is 24.3 Å². The summed E-state index contributed by atoms with van der Waals surface area (Å²) in [6, 6.07) is -0.798. The van der Waals surface area contributed by atoms with Gasteiger partial charge in [0.25, 0.3) is 0 Å². The summed E-state index contributed by atoms with van der Waals surface area (Å²) < 4.78 is 12.3. The fourth-order valence-corrected chi connectivity index (χ4v) is 6.39. The molecule has 8 nitrogen and oxygen atoms in total. The van der Waals surface area contributed by atoms with Gasteiger partial charge in [0.2, 0.25) is 11.8 Å². The minimum atomic E-state index is -1.22. The highest BCUT2D eigenvalue weighted by Gasteiger charge is 2.75. The minimum Gasteiger partial charge on any atom is -0.461 e. The second-order valence-corrected chi connectivity index (χ2v) is 10.0. The van der Waals surface area contributed by atoms with Gasteiger partial charge in [-0.05, 0) is 45.1 Å². The summed E-state index contributed by atoms with van der Waals surface area (Å²) in [5.41, 5.74) is -2.20. The van der Waals surface area contributed by atoms with E-state index < -0.39 is 35.0 Å². The SMILES string of the molecule is CCCC(C)N1CC=C[C@]23O[C@]4(CC)C=CCOC(=O)[C@@H]4[C@H]2C(=O)N(CCCCCO)C3C1=O. The second kappa shape index (κ2) is 9.82. The van der Waals surface area contributed by atoms with E-state index in [0.29, 0.717) is 32.4 Å². The van der Waals surface area contributed by atoms with Crippen LogP contribution in [0.5, 0.6) is 0 Å². The van der Waals surface area contributed by atoms with Crippen LogP contribution in [-0.2, 0) is 23.9 Å². The first-order valence-electron chi connectivity index (χ1n) is 12.8. The van der Waals surface area contributed by atoms with E-state index in [9.17, 15) is 14.4 Å². The lowest BCUT2D eigenvalue weighted by molar-refractivity contribution is -0.159. The molecule has 1 spiro atoms. The molecule has 0 aromatic rings. The number of ether oxygens (including phenoxy) is 2. The Morgan fingerprint density at radius 1 is 1.09 bits per heavy atom. The van der Waals surface area contributed by atoms with Crippen molar-refractivity contribution in [3.63, 3.8) is 0 Å². The van der Waals surface area contributed by atoms with E-state index in [1.807, 2.05) is 37.0 Å². The van der Waals surface area contributed by atoms with Crippen LogP contribution in [0.1, 0.15) is 59.3 Å². The first-order chi connectivity index (χ1) is 16.4. The molecular weight excluding hydrogens is 436 g/mol. The second-order valence-electron chi connectivity index (χ2n) is 10.0. The first-order valence-corrected chi connectivity index (χ1v) is 12.8. The predicted octanol–water partition coefficient (Wildman–Crippen LogP) is 2.21. The largest absolute Gasteiger partial charge is 0.461 e. The number of fused-ring (bicyclic) bond motifs is 2. The fraction of sp³-hybridized carbons (Fsp3) is 0.731. The maximum Gasteiger partial charge on any atom is 0.313 e. The van der Waals surface area contributed by atoms with E-state index in [-0.39, 0.29) is 31.1 Å². The Balaban J connectivity index is 1.79. The summed E-state index contributed by atoms with van der Waals surface area (Å²) in [6.45, 7) is 7.16. The normalized spacial score (nSPS) is 35.5. The highest BCUT2D eigenvalue weighted by molar-refractivity contribution is 5.99. The molecule has 2 unspecified atom stereocenters. The van der Waals surface area contributed by atoms with Crippen LogP contribution < -0.4 is 0 Å². The first kappa shape index (κ1) is 24.9. The summed E-state index contributed by atoms with van der Waals surface area (Å²) in [7, 11) is 0. The van der Waals surface area contributed by atoms with Gasteiger partial charge in [0.15, 0.2) is 0 Å². The molecule has 4 aliphatic rings. The van der Waals surface area contributed by atoms with E-state index in [1.165, 1.54) is 0 Å². The van der Waals surface area contributed by atoms with E-state index in [0.717, 1.165) is 19.3 Å². The van der Waals surface area contributed by atoms with Crippen LogP contribution in [-0.4, -0.2) is 82.3 Å². The molecule has 2 amide bonds. The van der Waals surface area contributed by atoms with Gasteiger partial charge in [0.1, 0.15) is 29.8 Å². The number of likely N-dealkylation sites (tertiary alicyclic amines) is 1. The topological polar surface area (TPSA) is 96.4 Å². The van der Waals surface area contributed by atoms with Gasteiger partial charge in [-0.2, -0.15) is 0 Å². The molecule has 6 atom stereocenters. The molecule has 0 aliphatic carbocycles. The monoisotopic (exact) mass is 474 g/mol. The molecule has 0 radical (unpaired) electrons. The average Bonchev–Trinajstić information content (AvgIpc) is 3.08. The van der Waals surface area contributed by atoms with Gasteiger partial charge in [-0.15, -0.1) is 0 Å². The zero-order valence-corrected chi connectivity index (χ0v) is 20.6. The number of carbonyl (C=O) groups is 3. The zero-order valence-electron chi connectivity index (χ0n) is 20.6. The van der Waals surface area contributed by atoms with Crippen LogP contribution in [0.4, 0.5) is 0 Å². The smallest absolute Gasteiger partial charge is 0.313 e. The summed E-state index contributed by atoms with van der Waals surface area (Å²) in [5, 5.41) is 9.17. The van der Waals surface area contributed by atoms with Crippen LogP contribution in [0.2, 0.25) is 0 Å². The van der Waals surface area contributed by atoms with Gasteiger partial charge >= 0.3 is 5.97 Å². The van der Waals surface area contributed by atoms with Crippen LogP contribution >= 0.6 is 0 Å². The Morgan fingerprint density at radius 3 is 2.59 bits per heavy atom. The number of esters is 1. The molecule has 188 valence electrons. The number of nitrogens with zero attached hydrogens (tertiary/aromatic N) is 2. The molecule has 8 heteroatoms. The molecule has 2 fully saturated rings. The van der Waals surface area contributed by atoms with E-state index in [1.54, 1.807) is 11.0 Å². The van der Waals surface area contributed by atoms with Crippen molar-refractivity contribution in [1.29, 1.82) is 0 Å². The van der Waals surface area contributed by atoms with Crippen molar-refractivity contribution >= 4 is 17.8 Å². The van der Waals surface area contributed by atoms with Crippen molar-refractivity contribution in [2.45, 2.75) is 82.6 Å². The van der Waals surface area contributed by atoms with Crippen LogP contribution in [0.25, 0.3) is 0 Å². The molecule has 2 saturated heterocycles. The van der Waals surface area contributed by atoms with Crippen molar-refractivity contribution < 1.29 is 29.0 Å². The Labute approximate surface area is 201 Å². The van der Waals surface area contributed by atoms with Crippen molar-refractivity contribution in [2.75, 3.05) is 26.3 Å². The molecule has 0 saturated carbocycles. The van der Waals surface area contributed by atoms with Crippen molar-refractivity contribution in [1.82, 2.24) is 9.80 Å². The highest BCUT2D eigenvalue weighted by atomic mass is 16.6. The van der Waals surface area contributed by atoms with E-state index in [4.69, 9.17) is 14.6 Å². The van der Waals surface area contributed by atoms with Crippen LogP contribution in [0, 0.1) is 11.8 Å². The number of hydrogen-bond donors (Lipinski definition) is 1. The summed E-state index contributed by atoms with van der Waals surface area (Å²) >= 11 is 0. The maximum atomic E-state index is 14.1. The maximum absolute atomic E-state index is 14.1. The molecule has 1 N–H and O–H groups in total. The molecule has 0 aromatic heterocycles. The lowest BCUT2D eigenvalue weighted by atomic mass is 9.73. The highest BCUT2D eigenvalue weighted by Crippen LogP contribution is 2.58. The Hall–Kier alpha value is -2.19. The number of aliphatic hydroxyl groups excluding tert-OH is 1. The number of amides is 2. The molecule has 4 aliphatic heterocycles. The third kappa shape index (κ3) is 3.79. The Bertz CT molecular complexity index is 871. The van der Waals surface area contributed by atoms with Crippen LogP contribution in [0.3, 0.4) is 0 Å². The Morgan fingerprint density at radius 2 is 1.88 bits per heavy atom. The summed E-state index contributed by atoms with van der Waals surface area (Å²) in [5.74, 6) is -2.39. The number of aliphatic hydroxyl groups is 1. The fourth-order valence-electron chi connectivity index (χ4n) is 6.39. The number of carbonyl (C=O) groups excluding carboxylic acids is 3. The lowest BCUT2D eigenvalue weighted by Gasteiger charge is -2.39. The Kier molecular flexibility index (Phi) is 7.20. The lowest BCUT2D eigenvalue weighted by Crippen LogP contribution is -2.57. The molecule has 0 aromatic carbocycles. The third-order valence-electron chi connectivity index (χ3n) is 8.02. The molecule has 34 heavy (non-hydrogen) atoms. The minimum absolute atomic E-state index is 0.0274. The van der Waals surface area contributed by atoms with Crippen molar-refractivity contribution in [3.8, 4) is 0 Å². The number of cyclic esters (lactones) is 1. The van der Waals surface area contributed by atoms with Gasteiger partial charge in [0, 0.05) is 25.7 Å². The summed E-state index contributed by atoms with van der Waals surface area (Å²) in [6.07, 6.45) is 11.8. The zero-order chi connectivity index (χ0) is 24.5. The van der Waals surface area contributed by atoms with Crippen molar-refractivity contribution in [2.24, 2.45) is 11.8 Å². The van der Waals surface area contributed by atoms with Gasteiger partial charge < -0.3 is 24.4 Å². The predicted molar refractivity (Wildman–Crippen MR) is 126 cm³/mol. The average molecular weight is 475 g/mol. The van der Waals surface area contributed by atoms with Gasteiger partial charge in [0.05, 0.1) is 5.92 Å². The number of rotatable bonds is 9. The van der Waals surface area contributed by atoms with Crippen molar-refractivity contribution in [3.05, 3.63) is 24.3 Å². The third-order valence-corrected chi connectivity index (χ3v) is 8.02. The number of unbranched alkanes of at least 4 members (excludes halogenated alkanes) is 2. The van der Waals surface area contributed by atoms with E-state index >= 15 is 0 Å². The number of hydrogen-bond acceptors (Lipinski definition) is 6. The van der Waals surface area contributed by atoms with Gasteiger partial charge in [-0.3, -0.25) is 14.4 Å². The van der Waals surface area contributed by atoms with Gasteiger partial charge in [-0.1, -0.05) is 38.5 Å². The molecular formula is C26H38N2O6. The molecule has 4 heterocycles. The van der Waals surface area contributed by atoms with Gasteiger partial charge in [-0.25, -0.2) is 0 Å². The van der Waals surface area contributed by atoms with E-state index in [2.05, 4.69) is 6.92 Å². The molecule has 4 rings (SSSR count). The molecule has 0 bridgehead atoms.